The second-order valence-corrected chi connectivity index (χ2v) is 15.9. The smallest absolute Gasteiger partial charge is 0.116 e. The second kappa shape index (κ2) is 14.4. The van der Waals surface area contributed by atoms with Crippen molar-refractivity contribution in [3.8, 4) is 50.8 Å². The van der Waals surface area contributed by atoms with Gasteiger partial charge in [-0.25, -0.2) is 29.9 Å². The van der Waals surface area contributed by atoms with Gasteiger partial charge in [-0.15, -0.1) is 0 Å². The van der Waals surface area contributed by atoms with Crippen LogP contribution in [0.1, 0.15) is 11.3 Å². The van der Waals surface area contributed by atoms with Crippen molar-refractivity contribution in [3.63, 3.8) is 0 Å². The average molecular weight is 822 g/mol. The van der Waals surface area contributed by atoms with Crippen LogP contribution >= 0.6 is 0 Å². The van der Waals surface area contributed by atoms with E-state index in [0.717, 1.165) is 111 Å². The van der Waals surface area contributed by atoms with Crippen molar-refractivity contribution < 1.29 is 0 Å². The summed E-state index contributed by atoms with van der Waals surface area (Å²) in [6, 6.07) is 49.6. The van der Waals surface area contributed by atoms with Crippen molar-refractivity contribution in [1.82, 2.24) is 43.6 Å². The molecule has 1 aliphatic rings. The zero-order chi connectivity index (χ0) is 42.1. The predicted octanol–water partition coefficient (Wildman–Crippen LogP) is 12.3. The molecule has 6 aromatic carbocycles. The van der Waals surface area contributed by atoms with Gasteiger partial charge in [0.05, 0.1) is 61.7 Å². The van der Waals surface area contributed by atoms with Crippen LogP contribution in [0.5, 0.6) is 0 Å². The molecule has 0 bridgehead atoms. The van der Waals surface area contributed by atoms with Crippen LogP contribution in [-0.4, -0.2) is 43.6 Å². The van der Waals surface area contributed by atoms with Crippen LogP contribution in [0, 0.1) is 0 Å². The predicted molar refractivity (Wildman–Crippen MR) is 257 cm³/mol. The number of para-hydroxylation sites is 5. The topological polar surface area (TPSA) is 92.1 Å². The van der Waals surface area contributed by atoms with E-state index in [2.05, 4.69) is 174 Å². The molecule has 64 heavy (non-hydrogen) atoms. The van der Waals surface area contributed by atoms with Crippen LogP contribution in [-0.2, 0) is 6.42 Å². The van der Waals surface area contributed by atoms with Crippen LogP contribution in [0.25, 0.3) is 111 Å². The molecule has 6 heterocycles. The fourth-order valence-corrected chi connectivity index (χ4v) is 10.1. The molecule has 0 aliphatic heterocycles. The molecule has 6 aromatic heterocycles. The highest BCUT2D eigenvalue weighted by Crippen LogP contribution is 2.53. The summed E-state index contributed by atoms with van der Waals surface area (Å²) in [4.78, 5) is 28.8. The Hall–Kier alpha value is -8.82. The third kappa shape index (κ3) is 5.24. The molecule has 0 radical (unpaired) electrons. The SMILES string of the molecule is C1=CCc2c(c3ccccc3n2-c2c(-c3ccncn3)c(-c3ccncn3)c(-c3ccncn3)c(-n3c4ccccc4c4ccccc43)c2-n2c3ccccc3c3ccccc32)C=C1. The van der Waals surface area contributed by atoms with E-state index in [1.165, 1.54) is 5.56 Å². The van der Waals surface area contributed by atoms with Gasteiger partial charge in [-0.2, -0.15) is 0 Å². The molecule has 0 saturated heterocycles. The maximum atomic E-state index is 5.15. The van der Waals surface area contributed by atoms with Gasteiger partial charge in [-0.3, -0.25) is 0 Å². The van der Waals surface area contributed by atoms with Crippen molar-refractivity contribution in [2.75, 3.05) is 0 Å². The molecule has 1 aliphatic carbocycles. The highest BCUT2D eigenvalue weighted by atomic mass is 15.1. The molecule has 12 aromatic rings. The lowest BCUT2D eigenvalue weighted by Crippen LogP contribution is -2.16. The number of hydrogen-bond acceptors (Lipinski definition) is 6. The first kappa shape index (κ1) is 35.9. The molecule has 9 nitrogen and oxygen atoms in total. The van der Waals surface area contributed by atoms with Gasteiger partial charge in [0.15, 0.2) is 0 Å². The van der Waals surface area contributed by atoms with Gasteiger partial charge in [-0.05, 0) is 48.5 Å². The minimum absolute atomic E-state index is 0.689. The normalized spacial score (nSPS) is 12.5. The Morgan fingerprint density at radius 1 is 0.359 bits per heavy atom. The molecule has 300 valence electrons. The Bertz CT molecular complexity index is 3750. The Morgan fingerprint density at radius 3 is 1.20 bits per heavy atom. The van der Waals surface area contributed by atoms with Gasteiger partial charge in [0.1, 0.15) is 19.0 Å². The third-order valence-electron chi connectivity index (χ3n) is 12.6. The highest BCUT2D eigenvalue weighted by molar-refractivity contribution is 6.15. The van der Waals surface area contributed by atoms with Gasteiger partial charge in [0, 0.05) is 79.9 Å². The summed E-state index contributed by atoms with van der Waals surface area (Å²) in [5, 5.41) is 5.72. The number of nitrogens with zero attached hydrogens (tertiary/aromatic N) is 9. The lowest BCUT2D eigenvalue weighted by molar-refractivity contribution is 0.971. The zero-order valence-electron chi connectivity index (χ0n) is 34.3. The average Bonchev–Trinajstić information content (AvgIpc) is 3.90. The van der Waals surface area contributed by atoms with E-state index in [9.17, 15) is 0 Å². The van der Waals surface area contributed by atoms with Crippen LogP contribution in [0.3, 0.4) is 0 Å². The molecular formula is C55H35N9. The summed E-state index contributed by atoms with van der Waals surface area (Å²) in [7, 11) is 0. The fourth-order valence-electron chi connectivity index (χ4n) is 10.1. The van der Waals surface area contributed by atoms with Gasteiger partial charge in [-0.1, -0.05) is 115 Å². The monoisotopic (exact) mass is 821 g/mol. The molecule has 9 heteroatoms. The van der Waals surface area contributed by atoms with Gasteiger partial charge in [0.2, 0.25) is 0 Å². The Labute approximate surface area is 366 Å². The third-order valence-corrected chi connectivity index (χ3v) is 12.6. The zero-order valence-corrected chi connectivity index (χ0v) is 34.3. The first-order chi connectivity index (χ1) is 31.8. The summed E-state index contributed by atoms with van der Waals surface area (Å²) in [5.41, 5.74) is 15.2. The largest absolute Gasteiger partial charge is 0.310 e. The van der Waals surface area contributed by atoms with Crippen LogP contribution in [0.2, 0.25) is 0 Å². The lowest BCUT2D eigenvalue weighted by Gasteiger charge is -2.30. The molecule has 0 spiro atoms. The Kier molecular flexibility index (Phi) is 8.07. The minimum Gasteiger partial charge on any atom is -0.310 e. The van der Waals surface area contributed by atoms with Gasteiger partial charge < -0.3 is 13.7 Å². The van der Waals surface area contributed by atoms with Crippen molar-refractivity contribution >= 4 is 60.6 Å². The van der Waals surface area contributed by atoms with Crippen LogP contribution in [0.15, 0.2) is 195 Å². The van der Waals surface area contributed by atoms with Crippen LogP contribution in [0.4, 0.5) is 0 Å². The van der Waals surface area contributed by atoms with E-state index < -0.39 is 0 Å². The number of benzene rings is 6. The minimum atomic E-state index is 0.689. The maximum Gasteiger partial charge on any atom is 0.116 e. The van der Waals surface area contributed by atoms with E-state index in [-0.39, 0.29) is 0 Å². The summed E-state index contributed by atoms with van der Waals surface area (Å²) < 4.78 is 7.41. The molecule has 0 amide bonds. The van der Waals surface area contributed by atoms with E-state index in [4.69, 9.17) is 15.0 Å². The van der Waals surface area contributed by atoms with Crippen molar-refractivity contribution in [1.29, 1.82) is 0 Å². The molecule has 0 unspecified atom stereocenters. The second-order valence-electron chi connectivity index (χ2n) is 15.9. The molecule has 13 rings (SSSR count). The summed E-state index contributed by atoms with van der Waals surface area (Å²) in [6.07, 6.45) is 19.8. The summed E-state index contributed by atoms with van der Waals surface area (Å²) in [5.74, 6) is 0. The number of aromatic nitrogens is 9. The van der Waals surface area contributed by atoms with Crippen molar-refractivity contribution in [2.45, 2.75) is 6.42 Å². The highest BCUT2D eigenvalue weighted by Gasteiger charge is 2.35. The van der Waals surface area contributed by atoms with Crippen molar-refractivity contribution in [3.05, 3.63) is 207 Å². The first-order valence-electron chi connectivity index (χ1n) is 21.3. The molecule has 0 fully saturated rings. The number of fused-ring (bicyclic) bond motifs is 9. The standard InChI is InChI=1S/C55H35N9/c1-2-14-35-36-15-4-9-21-45(36)62(44(35)20-3-1)53-51(42-27-30-57-33-60-42)50(41-26-29-56-32-59-41)52(43-28-31-58-34-61-43)54(63-46-22-10-5-16-37(46)38-17-6-11-23-47(38)63)55(53)64-48-24-12-7-18-39(48)40-19-8-13-25-49(40)64/h1-19,21-34H,20H2. The quantitative estimate of drug-likeness (QED) is 0.166. The van der Waals surface area contributed by atoms with Gasteiger partial charge in [0.25, 0.3) is 0 Å². The number of allylic oxidation sites excluding steroid dienone is 3. The van der Waals surface area contributed by atoms with Crippen molar-refractivity contribution in [2.24, 2.45) is 0 Å². The lowest BCUT2D eigenvalue weighted by atomic mass is 9.88. The number of rotatable bonds is 6. The maximum absolute atomic E-state index is 5.15. The Balaban J connectivity index is 1.42. The molecule has 0 N–H and O–H groups in total. The van der Waals surface area contributed by atoms with E-state index in [1.807, 2.05) is 36.8 Å². The molecule has 0 saturated carbocycles. The molecular weight excluding hydrogens is 787 g/mol. The molecule has 0 atom stereocenters. The number of hydrogen-bond donors (Lipinski definition) is 0. The van der Waals surface area contributed by atoms with Crippen LogP contribution < -0.4 is 0 Å². The van der Waals surface area contributed by atoms with E-state index in [1.54, 1.807) is 19.0 Å². The fraction of sp³-hybridized carbons (Fsp3) is 0.0182. The van der Waals surface area contributed by atoms with E-state index >= 15 is 0 Å². The van der Waals surface area contributed by atoms with E-state index in [0.29, 0.717) is 6.42 Å². The first-order valence-corrected chi connectivity index (χ1v) is 21.3. The summed E-state index contributed by atoms with van der Waals surface area (Å²) in [6.45, 7) is 0. The Morgan fingerprint density at radius 2 is 0.750 bits per heavy atom. The summed E-state index contributed by atoms with van der Waals surface area (Å²) >= 11 is 0. The van der Waals surface area contributed by atoms with Gasteiger partial charge >= 0.3 is 0 Å².